The SMILES string of the molecule is CC1(CN)CCN(CC(=O)NCCC2CCCCC2)C1.Cl. The molecule has 1 aliphatic heterocycles. The highest BCUT2D eigenvalue weighted by Gasteiger charge is 2.32. The average Bonchev–Trinajstić information content (AvgIpc) is 2.82. The molecule has 1 saturated carbocycles. The van der Waals surface area contributed by atoms with Crippen LogP contribution in [-0.4, -0.2) is 43.5 Å². The number of nitrogens with zero attached hydrogens (tertiary/aromatic N) is 1. The fraction of sp³-hybridized carbons (Fsp3) is 0.938. The number of carbonyl (C=O) groups excluding carboxylic acids is 1. The Bertz CT molecular complexity index is 321. The van der Waals surface area contributed by atoms with Crippen LogP contribution in [0.4, 0.5) is 0 Å². The van der Waals surface area contributed by atoms with Crippen molar-refractivity contribution in [1.82, 2.24) is 10.2 Å². The zero-order valence-electron chi connectivity index (χ0n) is 13.4. The van der Waals surface area contributed by atoms with Gasteiger partial charge in [-0.15, -0.1) is 12.4 Å². The monoisotopic (exact) mass is 317 g/mol. The summed E-state index contributed by atoms with van der Waals surface area (Å²) in [5.41, 5.74) is 6.01. The van der Waals surface area contributed by atoms with Crippen molar-refractivity contribution in [2.45, 2.75) is 51.9 Å². The van der Waals surface area contributed by atoms with E-state index in [1.807, 2.05) is 0 Å². The van der Waals surface area contributed by atoms with E-state index in [9.17, 15) is 4.79 Å². The maximum absolute atomic E-state index is 12.0. The first-order chi connectivity index (χ1) is 9.61. The lowest BCUT2D eigenvalue weighted by molar-refractivity contribution is -0.122. The molecule has 0 spiro atoms. The van der Waals surface area contributed by atoms with Gasteiger partial charge >= 0.3 is 0 Å². The van der Waals surface area contributed by atoms with Crippen LogP contribution >= 0.6 is 12.4 Å². The van der Waals surface area contributed by atoms with Crippen LogP contribution in [-0.2, 0) is 4.79 Å². The molecule has 1 unspecified atom stereocenters. The van der Waals surface area contributed by atoms with Crippen molar-refractivity contribution in [3.63, 3.8) is 0 Å². The summed E-state index contributed by atoms with van der Waals surface area (Å²) in [7, 11) is 0. The van der Waals surface area contributed by atoms with Gasteiger partial charge in [0.15, 0.2) is 0 Å². The molecule has 0 bridgehead atoms. The van der Waals surface area contributed by atoms with E-state index >= 15 is 0 Å². The zero-order valence-corrected chi connectivity index (χ0v) is 14.2. The molecule has 0 aromatic rings. The Kier molecular flexibility index (Phi) is 7.99. The van der Waals surface area contributed by atoms with E-state index in [-0.39, 0.29) is 23.7 Å². The first-order valence-electron chi connectivity index (χ1n) is 8.30. The number of nitrogens with two attached hydrogens (primary N) is 1. The van der Waals surface area contributed by atoms with E-state index in [1.165, 1.54) is 32.1 Å². The molecule has 0 radical (unpaired) electrons. The van der Waals surface area contributed by atoms with Gasteiger partial charge in [0.1, 0.15) is 0 Å². The predicted molar refractivity (Wildman–Crippen MR) is 89.7 cm³/mol. The summed E-state index contributed by atoms with van der Waals surface area (Å²) in [6, 6.07) is 0. The summed E-state index contributed by atoms with van der Waals surface area (Å²) in [4.78, 5) is 14.2. The molecule has 0 aromatic heterocycles. The smallest absolute Gasteiger partial charge is 0.234 e. The third-order valence-corrected chi connectivity index (χ3v) is 5.10. The standard InChI is InChI=1S/C16H31N3O.ClH/c1-16(12-17)8-10-19(13-16)11-15(20)18-9-7-14-5-3-2-4-6-14;/h14H,2-13,17H2,1H3,(H,18,20);1H. The normalized spacial score (nSPS) is 27.3. The van der Waals surface area contributed by atoms with Crippen LogP contribution in [0.1, 0.15) is 51.9 Å². The molecule has 5 heteroatoms. The number of amides is 1. The number of hydrogen-bond acceptors (Lipinski definition) is 3. The van der Waals surface area contributed by atoms with E-state index < -0.39 is 0 Å². The molecule has 0 aromatic carbocycles. The second-order valence-electron chi connectivity index (χ2n) is 7.12. The molecule has 4 nitrogen and oxygen atoms in total. The minimum atomic E-state index is 0. The Balaban J connectivity index is 0.00000220. The largest absolute Gasteiger partial charge is 0.355 e. The van der Waals surface area contributed by atoms with Crippen LogP contribution in [0.3, 0.4) is 0 Å². The zero-order chi connectivity index (χ0) is 14.4. The number of nitrogens with one attached hydrogen (secondary N) is 1. The summed E-state index contributed by atoms with van der Waals surface area (Å²) < 4.78 is 0. The summed E-state index contributed by atoms with van der Waals surface area (Å²) >= 11 is 0. The lowest BCUT2D eigenvalue weighted by Gasteiger charge is -2.23. The van der Waals surface area contributed by atoms with E-state index in [0.29, 0.717) is 13.1 Å². The van der Waals surface area contributed by atoms with Crippen molar-refractivity contribution < 1.29 is 4.79 Å². The van der Waals surface area contributed by atoms with Crippen LogP contribution in [0.5, 0.6) is 0 Å². The third kappa shape index (κ3) is 6.13. The van der Waals surface area contributed by atoms with Gasteiger partial charge < -0.3 is 11.1 Å². The minimum absolute atomic E-state index is 0. The molecule has 3 N–H and O–H groups in total. The molecule has 1 aliphatic carbocycles. The molecule has 21 heavy (non-hydrogen) atoms. The number of rotatable bonds is 6. The van der Waals surface area contributed by atoms with Gasteiger partial charge in [-0.25, -0.2) is 0 Å². The molecular formula is C16H32ClN3O. The highest BCUT2D eigenvalue weighted by molar-refractivity contribution is 5.85. The van der Waals surface area contributed by atoms with Crippen LogP contribution in [0.15, 0.2) is 0 Å². The Labute approximate surface area is 135 Å². The number of likely N-dealkylation sites (tertiary alicyclic amines) is 1. The predicted octanol–water partition coefficient (Wildman–Crippen LogP) is 2.17. The average molecular weight is 318 g/mol. The quantitative estimate of drug-likeness (QED) is 0.789. The van der Waals surface area contributed by atoms with Crippen LogP contribution < -0.4 is 11.1 Å². The molecule has 1 heterocycles. The van der Waals surface area contributed by atoms with Gasteiger partial charge in [-0.3, -0.25) is 9.69 Å². The summed E-state index contributed by atoms with van der Waals surface area (Å²) in [6.45, 7) is 6.29. The fourth-order valence-electron chi connectivity index (χ4n) is 3.58. The van der Waals surface area contributed by atoms with Crippen molar-refractivity contribution in [1.29, 1.82) is 0 Å². The Hall–Kier alpha value is -0.320. The second kappa shape index (κ2) is 8.96. The van der Waals surface area contributed by atoms with Gasteiger partial charge in [-0.1, -0.05) is 39.0 Å². The van der Waals surface area contributed by atoms with Gasteiger partial charge in [0.05, 0.1) is 6.54 Å². The number of carbonyl (C=O) groups is 1. The van der Waals surface area contributed by atoms with E-state index in [0.717, 1.165) is 38.4 Å². The molecule has 2 rings (SSSR count). The van der Waals surface area contributed by atoms with Gasteiger partial charge in [0, 0.05) is 13.1 Å². The molecule has 2 fully saturated rings. The van der Waals surface area contributed by atoms with E-state index in [1.54, 1.807) is 0 Å². The first kappa shape index (κ1) is 18.7. The number of halogens is 1. The summed E-state index contributed by atoms with van der Waals surface area (Å²) in [5, 5.41) is 3.09. The summed E-state index contributed by atoms with van der Waals surface area (Å²) in [6.07, 6.45) is 9.14. The van der Waals surface area contributed by atoms with Gasteiger partial charge in [-0.05, 0) is 37.3 Å². The maximum Gasteiger partial charge on any atom is 0.234 e. The third-order valence-electron chi connectivity index (χ3n) is 5.10. The topological polar surface area (TPSA) is 58.4 Å². The Morgan fingerprint density at radius 1 is 1.33 bits per heavy atom. The van der Waals surface area contributed by atoms with Crippen molar-refractivity contribution in [3.8, 4) is 0 Å². The first-order valence-corrected chi connectivity index (χ1v) is 8.30. The van der Waals surface area contributed by atoms with Crippen molar-refractivity contribution in [2.24, 2.45) is 17.1 Å². The molecular weight excluding hydrogens is 286 g/mol. The van der Waals surface area contributed by atoms with Crippen molar-refractivity contribution in [2.75, 3.05) is 32.7 Å². The Morgan fingerprint density at radius 3 is 2.67 bits per heavy atom. The second-order valence-corrected chi connectivity index (χ2v) is 7.12. The fourth-order valence-corrected chi connectivity index (χ4v) is 3.58. The van der Waals surface area contributed by atoms with E-state index in [4.69, 9.17) is 5.73 Å². The van der Waals surface area contributed by atoms with Gasteiger partial charge in [-0.2, -0.15) is 0 Å². The Morgan fingerprint density at radius 2 is 2.05 bits per heavy atom. The number of hydrogen-bond donors (Lipinski definition) is 2. The van der Waals surface area contributed by atoms with E-state index in [2.05, 4.69) is 17.1 Å². The van der Waals surface area contributed by atoms with Crippen LogP contribution in [0.2, 0.25) is 0 Å². The maximum atomic E-state index is 12.0. The lowest BCUT2D eigenvalue weighted by atomic mass is 9.87. The highest BCUT2D eigenvalue weighted by atomic mass is 35.5. The minimum Gasteiger partial charge on any atom is -0.355 e. The molecule has 1 saturated heterocycles. The van der Waals surface area contributed by atoms with Gasteiger partial charge in [0.2, 0.25) is 5.91 Å². The molecule has 124 valence electrons. The molecule has 1 atom stereocenters. The molecule has 1 amide bonds. The highest BCUT2D eigenvalue weighted by Crippen LogP contribution is 2.28. The van der Waals surface area contributed by atoms with Gasteiger partial charge in [0.25, 0.3) is 0 Å². The van der Waals surface area contributed by atoms with Crippen LogP contribution in [0, 0.1) is 11.3 Å². The van der Waals surface area contributed by atoms with Crippen LogP contribution in [0.25, 0.3) is 0 Å². The van der Waals surface area contributed by atoms with Crippen molar-refractivity contribution in [3.05, 3.63) is 0 Å². The molecule has 2 aliphatic rings. The summed E-state index contributed by atoms with van der Waals surface area (Å²) in [5.74, 6) is 1.03. The van der Waals surface area contributed by atoms with Crippen molar-refractivity contribution >= 4 is 18.3 Å². The lowest BCUT2D eigenvalue weighted by Crippen LogP contribution is -2.38.